The van der Waals surface area contributed by atoms with E-state index in [9.17, 15) is 8.78 Å². The van der Waals surface area contributed by atoms with E-state index < -0.39 is 11.6 Å². The second kappa shape index (κ2) is 7.16. The third kappa shape index (κ3) is 3.12. The number of nitrogens with one attached hydrogen (secondary N) is 1. The van der Waals surface area contributed by atoms with Crippen LogP contribution in [0.1, 0.15) is 25.5 Å². The molecule has 1 aliphatic heterocycles. The minimum absolute atomic E-state index is 0.000481. The lowest BCUT2D eigenvalue weighted by molar-refractivity contribution is -0.0298. The van der Waals surface area contributed by atoms with E-state index in [1.165, 1.54) is 23.9 Å². The van der Waals surface area contributed by atoms with Gasteiger partial charge in [0.05, 0.1) is 12.0 Å². The van der Waals surface area contributed by atoms with Gasteiger partial charge < -0.3 is 10.1 Å². The van der Waals surface area contributed by atoms with Gasteiger partial charge in [-0.15, -0.1) is 0 Å². The summed E-state index contributed by atoms with van der Waals surface area (Å²) >= 11 is 1.36. The van der Waals surface area contributed by atoms with Gasteiger partial charge in [-0.25, -0.2) is 23.7 Å². The number of nitrogens with zero attached hydrogens (tertiary/aromatic N) is 4. The van der Waals surface area contributed by atoms with Crippen LogP contribution in [0.5, 0.6) is 0 Å². The summed E-state index contributed by atoms with van der Waals surface area (Å²) in [4.78, 5) is 13.3. The lowest BCUT2D eigenvalue weighted by Crippen LogP contribution is -2.17. The molecule has 0 amide bonds. The molecule has 1 aromatic carbocycles. The van der Waals surface area contributed by atoms with Gasteiger partial charge in [-0.2, -0.15) is 0 Å². The highest BCUT2D eigenvalue weighted by Crippen LogP contribution is 2.31. The van der Waals surface area contributed by atoms with Crippen molar-refractivity contribution in [2.24, 2.45) is 0 Å². The summed E-state index contributed by atoms with van der Waals surface area (Å²) in [7, 11) is 0. The second-order valence-corrected chi connectivity index (χ2v) is 6.70. The van der Waals surface area contributed by atoms with E-state index in [1.807, 2.05) is 10.8 Å². The van der Waals surface area contributed by atoms with Crippen LogP contribution in [0.3, 0.4) is 0 Å². The Hall–Kier alpha value is -2.26. The maximum Gasteiger partial charge on any atom is 0.191 e. The molecule has 0 radical (unpaired) electrons. The molecule has 6 nitrogen and oxygen atoms in total. The lowest BCUT2D eigenvalue weighted by Gasteiger charge is -2.23. The van der Waals surface area contributed by atoms with Crippen LogP contribution in [0.25, 0.3) is 11.2 Å². The van der Waals surface area contributed by atoms with Gasteiger partial charge in [-0.1, -0.05) is 17.8 Å². The van der Waals surface area contributed by atoms with Crippen molar-refractivity contribution >= 4 is 34.4 Å². The summed E-state index contributed by atoms with van der Waals surface area (Å²) in [6.07, 6.45) is 6.38. The molecule has 3 heterocycles. The molecule has 3 aromatic rings. The molecule has 4 rings (SSSR count). The van der Waals surface area contributed by atoms with Crippen LogP contribution in [-0.4, -0.2) is 32.4 Å². The van der Waals surface area contributed by atoms with Crippen molar-refractivity contribution < 1.29 is 13.5 Å². The molecule has 136 valence electrons. The zero-order chi connectivity index (χ0) is 18.1. The van der Waals surface area contributed by atoms with Crippen LogP contribution in [0, 0.1) is 11.6 Å². The fraction of sp³-hybridized carbons (Fsp3) is 0.353. The molecular weight excluding hydrogens is 360 g/mol. The zero-order valence-electron chi connectivity index (χ0n) is 14.1. The number of rotatable bonds is 4. The molecule has 2 aromatic heterocycles. The topological polar surface area (TPSA) is 64.9 Å². The third-order valence-corrected chi connectivity index (χ3v) is 4.80. The van der Waals surface area contributed by atoms with Crippen molar-refractivity contribution in [2.75, 3.05) is 18.2 Å². The number of aromatic nitrogens is 4. The van der Waals surface area contributed by atoms with E-state index in [-0.39, 0.29) is 11.9 Å². The van der Waals surface area contributed by atoms with Crippen molar-refractivity contribution in [2.45, 2.75) is 30.6 Å². The van der Waals surface area contributed by atoms with Crippen LogP contribution >= 0.6 is 11.8 Å². The molecule has 1 unspecified atom stereocenters. The maximum atomic E-state index is 14.0. The van der Waals surface area contributed by atoms with E-state index in [2.05, 4.69) is 20.3 Å². The summed E-state index contributed by atoms with van der Waals surface area (Å²) in [5, 5.41) is 3.36. The average Bonchev–Trinajstić information content (AvgIpc) is 3.10. The SMILES string of the molecule is CSc1nc(Nc2cccc(F)c2F)c2ncn(C3CCCCO3)c2n1. The fourth-order valence-electron chi connectivity index (χ4n) is 2.96. The van der Waals surface area contributed by atoms with Crippen molar-refractivity contribution in [3.8, 4) is 0 Å². The van der Waals surface area contributed by atoms with Gasteiger partial charge in [0.15, 0.2) is 33.8 Å². The third-order valence-electron chi connectivity index (χ3n) is 4.25. The first kappa shape index (κ1) is 17.2. The Morgan fingerprint density at radius 2 is 2.15 bits per heavy atom. The fourth-order valence-corrected chi connectivity index (χ4v) is 3.32. The Labute approximate surface area is 153 Å². The molecule has 1 N–H and O–H groups in total. The number of hydrogen-bond acceptors (Lipinski definition) is 6. The van der Waals surface area contributed by atoms with E-state index >= 15 is 0 Å². The Bertz CT molecular complexity index is 942. The summed E-state index contributed by atoms with van der Waals surface area (Å²) in [6.45, 7) is 0.699. The van der Waals surface area contributed by atoms with Crippen molar-refractivity contribution in [3.05, 3.63) is 36.2 Å². The smallest absolute Gasteiger partial charge is 0.191 e. The predicted molar refractivity (Wildman–Crippen MR) is 95.6 cm³/mol. The standard InChI is InChI=1S/C17H17F2N5OS/c1-26-17-22-15(21-11-6-4-5-10(18)13(11)19)14-16(23-17)24(9-20-14)12-7-2-3-8-25-12/h4-6,9,12H,2-3,7-8H2,1H3,(H,21,22,23). The van der Waals surface area contributed by atoms with Crippen molar-refractivity contribution in [1.82, 2.24) is 19.5 Å². The molecule has 0 spiro atoms. The monoisotopic (exact) mass is 377 g/mol. The summed E-state index contributed by atoms with van der Waals surface area (Å²) in [6, 6.07) is 3.95. The van der Waals surface area contributed by atoms with E-state index in [0.29, 0.717) is 28.7 Å². The number of hydrogen-bond donors (Lipinski definition) is 1. The van der Waals surface area contributed by atoms with Gasteiger partial charge >= 0.3 is 0 Å². The highest BCUT2D eigenvalue weighted by atomic mass is 32.2. The Kier molecular flexibility index (Phi) is 4.73. The van der Waals surface area contributed by atoms with Crippen LogP contribution in [0.2, 0.25) is 0 Å². The highest BCUT2D eigenvalue weighted by molar-refractivity contribution is 7.98. The second-order valence-electron chi connectivity index (χ2n) is 5.93. The molecule has 0 bridgehead atoms. The summed E-state index contributed by atoms with van der Waals surface area (Å²) in [5.41, 5.74) is 1.09. The van der Waals surface area contributed by atoms with Crippen LogP contribution in [-0.2, 0) is 4.74 Å². The highest BCUT2D eigenvalue weighted by Gasteiger charge is 2.22. The zero-order valence-corrected chi connectivity index (χ0v) is 14.9. The molecule has 1 fully saturated rings. The first-order valence-electron chi connectivity index (χ1n) is 8.28. The maximum absolute atomic E-state index is 14.0. The summed E-state index contributed by atoms with van der Waals surface area (Å²) < 4.78 is 35.2. The molecule has 1 aliphatic rings. The minimum Gasteiger partial charge on any atom is -0.358 e. The minimum atomic E-state index is -0.958. The first-order chi connectivity index (χ1) is 12.7. The number of halogens is 2. The predicted octanol–water partition coefficient (Wildman–Crippen LogP) is 4.27. The van der Waals surface area contributed by atoms with Gasteiger partial charge in [-0.05, 0) is 37.7 Å². The molecule has 26 heavy (non-hydrogen) atoms. The van der Waals surface area contributed by atoms with E-state index in [0.717, 1.165) is 25.3 Å². The average molecular weight is 377 g/mol. The molecular formula is C17H17F2N5OS. The Morgan fingerprint density at radius 3 is 2.92 bits per heavy atom. The van der Waals surface area contributed by atoms with Crippen LogP contribution in [0.4, 0.5) is 20.3 Å². The number of fused-ring (bicyclic) bond motifs is 1. The van der Waals surface area contributed by atoms with Gasteiger partial charge in [0.25, 0.3) is 0 Å². The quantitative estimate of drug-likeness (QED) is 0.541. The molecule has 0 aliphatic carbocycles. The number of thioether (sulfide) groups is 1. The summed E-state index contributed by atoms with van der Waals surface area (Å²) in [5.74, 6) is -1.55. The molecule has 1 saturated heterocycles. The normalized spacial score (nSPS) is 17.6. The largest absolute Gasteiger partial charge is 0.358 e. The lowest BCUT2D eigenvalue weighted by atomic mass is 10.2. The van der Waals surface area contributed by atoms with Crippen LogP contribution < -0.4 is 5.32 Å². The van der Waals surface area contributed by atoms with E-state index in [1.54, 1.807) is 6.33 Å². The molecule has 0 saturated carbocycles. The Balaban J connectivity index is 1.79. The first-order valence-corrected chi connectivity index (χ1v) is 9.51. The number of benzene rings is 1. The molecule has 9 heteroatoms. The van der Waals surface area contributed by atoms with Gasteiger partial charge in [0, 0.05) is 6.61 Å². The van der Waals surface area contributed by atoms with Crippen molar-refractivity contribution in [1.29, 1.82) is 0 Å². The van der Waals surface area contributed by atoms with Gasteiger partial charge in [0.1, 0.15) is 6.23 Å². The molecule has 1 atom stereocenters. The van der Waals surface area contributed by atoms with E-state index in [4.69, 9.17) is 4.74 Å². The van der Waals surface area contributed by atoms with Gasteiger partial charge in [-0.3, -0.25) is 4.57 Å². The number of ether oxygens (including phenoxy) is 1. The van der Waals surface area contributed by atoms with Gasteiger partial charge in [0.2, 0.25) is 0 Å². The van der Waals surface area contributed by atoms with Crippen molar-refractivity contribution in [3.63, 3.8) is 0 Å². The number of anilines is 2. The number of imidazole rings is 1. The van der Waals surface area contributed by atoms with Crippen LogP contribution in [0.15, 0.2) is 29.7 Å². The Morgan fingerprint density at radius 1 is 1.27 bits per heavy atom.